The lowest BCUT2D eigenvalue weighted by molar-refractivity contribution is 0.103. The summed E-state index contributed by atoms with van der Waals surface area (Å²) in [6.07, 6.45) is 5.20. The average Bonchev–Trinajstić information content (AvgIpc) is 2.95. The van der Waals surface area contributed by atoms with Gasteiger partial charge in [0.1, 0.15) is 5.69 Å². The minimum Gasteiger partial charge on any atom is -0.288 e. The molecule has 0 amide bonds. The van der Waals surface area contributed by atoms with Crippen molar-refractivity contribution in [3.05, 3.63) is 59.9 Å². The fourth-order valence-corrected chi connectivity index (χ4v) is 1.98. The van der Waals surface area contributed by atoms with E-state index in [1.54, 1.807) is 23.0 Å². The highest BCUT2D eigenvalue weighted by Crippen LogP contribution is 2.13. The van der Waals surface area contributed by atoms with Gasteiger partial charge in [0.15, 0.2) is 0 Å². The van der Waals surface area contributed by atoms with Crippen molar-refractivity contribution in [2.45, 2.75) is 26.7 Å². The maximum absolute atomic E-state index is 12.3. The summed E-state index contributed by atoms with van der Waals surface area (Å²) in [5, 5.41) is 4.23. The van der Waals surface area contributed by atoms with Crippen LogP contribution in [0.15, 0.2) is 54.2 Å². The van der Waals surface area contributed by atoms with Gasteiger partial charge in [-0.1, -0.05) is 37.6 Å². The standard InChI is InChI=1S/C16H18N2O/c1-3-13(4-2)12-16(19)15-10-11-17-18(15)14-8-6-5-7-9-14/h5-12H,3-4H2,1-2H3. The Kier molecular flexibility index (Phi) is 4.29. The number of carbonyl (C=O) groups excluding carboxylic acids is 1. The van der Waals surface area contributed by atoms with Crippen molar-refractivity contribution >= 4 is 5.78 Å². The molecule has 0 saturated heterocycles. The fraction of sp³-hybridized carbons (Fsp3) is 0.250. The molecule has 0 aliphatic carbocycles. The van der Waals surface area contributed by atoms with E-state index in [1.807, 2.05) is 30.3 Å². The second kappa shape index (κ2) is 6.14. The first kappa shape index (κ1) is 13.3. The van der Waals surface area contributed by atoms with Crippen LogP contribution in [0.3, 0.4) is 0 Å². The maximum atomic E-state index is 12.3. The number of nitrogens with zero attached hydrogens (tertiary/aromatic N) is 2. The van der Waals surface area contributed by atoms with E-state index in [0.29, 0.717) is 5.69 Å². The molecule has 3 heteroatoms. The van der Waals surface area contributed by atoms with Crippen molar-refractivity contribution in [3.63, 3.8) is 0 Å². The van der Waals surface area contributed by atoms with Crippen LogP contribution in [-0.2, 0) is 0 Å². The summed E-state index contributed by atoms with van der Waals surface area (Å²) in [6.45, 7) is 4.13. The Labute approximate surface area is 113 Å². The smallest absolute Gasteiger partial charge is 0.204 e. The Balaban J connectivity index is 2.35. The summed E-state index contributed by atoms with van der Waals surface area (Å²) >= 11 is 0. The Bertz CT molecular complexity index is 576. The monoisotopic (exact) mass is 254 g/mol. The second-order valence-electron chi connectivity index (χ2n) is 4.34. The molecule has 19 heavy (non-hydrogen) atoms. The van der Waals surface area contributed by atoms with Crippen molar-refractivity contribution in [1.29, 1.82) is 0 Å². The van der Waals surface area contributed by atoms with Crippen LogP contribution in [0.25, 0.3) is 5.69 Å². The summed E-state index contributed by atoms with van der Waals surface area (Å²) in [4.78, 5) is 12.3. The van der Waals surface area contributed by atoms with E-state index >= 15 is 0 Å². The molecule has 0 radical (unpaired) electrons. The van der Waals surface area contributed by atoms with Gasteiger partial charge in [0.25, 0.3) is 0 Å². The molecule has 1 aromatic heterocycles. The molecule has 3 nitrogen and oxygen atoms in total. The van der Waals surface area contributed by atoms with Gasteiger partial charge in [-0.05, 0) is 37.1 Å². The van der Waals surface area contributed by atoms with Gasteiger partial charge in [0, 0.05) is 0 Å². The van der Waals surface area contributed by atoms with Crippen molar-refractivity contribution in [1.82, 2.24) is 9.78 Å². The normalized spacial score (nSPS) is 10.2. The second-order valence-corrected chi connectivity index (χ2v) is 4.34. The molecule has 1 aromatic carbocycles. The van der Waals surface area contributed by atoms with Crippen LogP contribution in [0, 0.1) is 0 Å². The third-order valence-corrected chi connectivity index (χ3v) is 3.14. The SMILES string of the molecule is CCC(=CC(=O)c1ccnn1-c1ccccc1)CC. The molecule has 0 atom stereocenters. The number of aromatic nitrogens is 2. The van der Waals surface area contributed by atoms with Crippen molar-refractivity contribution in [3.8, 4) is 5.69 Å². The summed E-state index contributed by atoms with van der Waals surface area (Å²) in [7, 11) is 0. The lowest BCUT2D eigenvalue weighted by Crippen LogP contribution is -2.07. The molecule has 1 heterocycles. The Morgan fingerprint density at radius 3 is 2.47 bits per heavy atom. The Morgan fingerprint density at radius 1 is 1.16 bits per heavy atom. The predicted molar refractivity (Wildman–Crippen MR) is 76.6 cm³/mol. The minimum absolute atomic E-state index is 0.0139. The third kappa shape index (κ3) is 2.99. The summed E-state index contributed by atoms with van der Waals surface area (Å²) in [5.41, 5.74) is 2.66. The first-order valence-electron chi connectivity index (χ1n) is 6.59. The van der Waals surface area contributed by atoms with Crippen LogP contribution >= 0.6 is 0 Å². The van der Waals surface area contributed by atoms with Crippen LogP contribution in [0.5, 0.6) is 0 Å². The average molecular weight is 254 g/mol. The van der Waals surface area contributed by atoms with Gasteiger partial charge in [-0.15, -0.1) is 0 Å². The van der Waals surface area contributed by atoms with E-state index < -0.39 is 0 Å². The van der Waals surface area contributed by atoms with Gasteiger partial charge in [0.05, 0.1) is 11.9 Å². The number of hydrogen-bond donors (Lipinski definition) is 0. The van der Waals surface area contributed by atoms with Gasteiger partial charge in [-0.2, -0.15) is 5.10 Å². The van der Waals surface area contributed by atoms with Crippen LogP contribution < -0.4 is 0 Å². The maximum Gasteiger partial charge on any atom is 0.204 e. The van der Waals surface area contributed by atoms with E-state index in [-0.39, 0.29) is 5.78 Å². The largest absolute Gasteiger partial charge is 0.288 e. The van der Waals surface area contributed by atoms with E-state index in [1.165, 1.54) is 0 Å². The van der Waals surface area contributed by atoms with E-state index in [4.69, 9.17) is 0 Å². The van der Waals surface area contributed by atoms with Crippen LogP contribution in [0.2, 0.25) is 0 Å². The molecule has 0 unspecified atom stereocenters. The highest BCUT2D eigenvalue weighted by atomic mass is 16.1. The zero-order chi connectivity index (χ0) is 13.7. The molecular formula is C16H18N2O. The number of ketones is 1. The summed E-state index contributed by atoms with van der Waals surface area (Å²) in [5.74, 6) is 0.0139. The summed E-state index contributed by atoms with van der Waals surface area (Å²) < 4.78 is 1.68. The lowest BCUT2D eigenvalue weighted by atomic mass is 10.1. The Morgan fingerprint density at radius 2 is 1.84 bits per heavy atom. The Hall–Kier alpha value is -2.16. The number of para-hydroxylation sites is 1. The van der Waals surface area contributed by atoms with E-state index in [0.717, 1.165) is 24.1 Å². The van der Waals surface area contributed by atoms with Crippen LogP contribution in [-0.4, -0.2) is 15.6 Å². The highest BCUT2D eigenvalue weighted by Gasteiger charge is 2.11. The molecular weight excluding hydrogens is 236 g/mol. The molecule has 0 aliphatic rings. The van der Waals surface area contributed by atoms with Gasteiger partial charge < -0.3 is 0 Å². The summed E-state index contributed by atoms with van der Waals surface area (Å²) in [6, 6.07) is 11.5. The van der Waals surface area contributed by atoms with E-state index in [9.17, 15) is 4.79 Å². The molecule has 0 spiro atoms. The number of benzene rings is 1. The van der Waals surface area contributed by atoms with Crippen molar-refractivity contribution < 1.29 is 4.79 Å². The van der Waals surface area contributed by atoms with Gasteiger partial charge in [-0.3, -0.25) is 4.79 Å². The highest BCUT2D eigenvalue weighted by molar-refractivity contribution is 6.04. The van der Waals surface area contributed by atoms with Gasteiger partial charge in [-0.25, -0.2) is 4.68 Å². The van der Waals surface area contributed by atoms with Crippen molar-refractivity contribution in [2.75, 3.05) is 0 Å². The molecule has 0 saturated carbocycles. The first-order chi connectivity index (χ1) is 9.26. The van der Waals surface area contributed by atoms with E-state index in [2.05, 4.69) is 18.9 Å². The third-order valence-electron chi connectivity index (χ3n) is 3.14. The van der Waals surface area contributed by atoms with Crippen LogP contribution in [0.4, 0.5) is 0 Å². The quantitative estimate of drug-likeness (QED) is 0.601. The number of carbonyl (C=O) groups is 1. The van der Waals surface area contributed by atoms with Gasteiger partial charge >= 0.3 is 0 Å². The molecule has 0 N–H and O–H groups in total. The molecule has 0 fully saturated rings. The zero-order valence-corrected chi connectivity index (χ0v) is 11.3. The fourth-order valence-electron chi connectivity index (χ4n) is 1.98. The lowest BCUT2D eigenvalue weighted by Gasteiger charge is -2.05. The molecule has 98 valence electrons. The number of hydrogen-bond acceptors (Lipinski definition) is 2. The molecule has 0 bridgehead atoms. The molecule has 0 aliphatic heterocycles. The van der Waals surface area contributed by atoms with Crippen molar-refractivity contribution in [2.24, 2.45) is 0 Å². The molecule has 2 aromatic rings. The number of allylic oxidation sites excluding steroid dienone is 2. The predicted octanol–water partition coefficient (Wildman–Crippen LogP) is 3.80. The first-order valence-corrected chi connectivity index (χ1v) is 6.59. The zero-order valence-electron chi connectivity index (χ0n) is 11.3. The topological polar surface area (TPSA) is 34.9 Å². The molecule has 2 rings (SSSR count). The van der Waals surface area contributed by atoms with Gasteiger partial charge in [0.2, 0.25) is 5.78 Å². The minimum atomic E-state index is 0.0139. The van der Waals surface area contributed by atoms with Crippen LogP contribution in [0.1, 0.15) is 37.2 Å². The number of rotatable bonds is 5.